The monoisotopic (exact) mass is 304 g/mol. The van der Waals surface area contributed by atoms with E-state index >= 15 is 0 Å². The fourth-order valence-corrected chi connectivity index (χ4v) is 3.60. The van der Waals surface area contributed by atoms with Crippen LogP contribution >= 0.6 is 0 Å². The molecule has 0 radical (unpaired) electrons. The van der Waals surface area contributed by atoms with Crippen LogP contribution in [-0.4, -0.2) is 33.3 Å². The highest BCUT2D eigenvalue weighted by Gasteiger charge is 2.32. The summed E-state index contributed by atoms with van der Waals surface area (Å²) in [5.41, 5.74) is 6.25. The molecule has 0 saturated carbocycles. The molecule has 1 aliphatic rings. The Kier molecular flexibility index (Phi) is 4.29. The molecule has 0 spiro atoms. The zero-order valence-corrected chi connectivity index (χ0v) is 12.0. The number of anilines is 1. The molecule has 1 aromatic rings. The van der Waals surface area contributed by atoms with E-state index in [4.69, 9.17) is 5.73 Å². The van der Waals surface area contributed by atoms with E-state index in [0.29, 0.717) is 24.7 Å². The lowest BCUT2D eigenvalue weighted by Crippen LogP contribution is -2.46. The van der Waals surface area contributed by atoms with E-state index in [2.05, 4.69) is 0 Å². The number of hydrogen-bond acceptors (Lipinski definition) is 4. The number of nitrogens with zero attached hydrogens (tertiary/aromatic N) is 1. The van der Waals surface area contributed by atoms with E-state index in [1.165, 1.54) is 12.1 Å². The second-order valence-electron chi connectivity index (χ2n) is 5.28. The molecule has 4 nitrogen and oxygen atoms in total. The van der Waals surface area contributed by atoms with Crippen molar-refractivity contribution < 1.29 is 17.2 Å². The minimum Gasteiger partial charge on any atom is -0.369 e. The Balaban J connectivity index is 2.43. The molecule has 2 unspecified atom stereocenters. The van der Waals surface area contributed by atoms with E-state index in [1.54, 1.807) is 17.0 Å². The maximum Gasteiger partial charge on any atom is 0.341 e. The van der Waals surface area contributed by atoms with Gasteiger partial charge in [-0.2, -0.15) is 8.78 Å². The SMILES string of the molecule is CC1CC(N)CN(c2ccccc2S(=O)(=O)C(F)F)C1. The Labute approximate surface area is 117 Å². The van der Waals surface area contributed by atoms with Crippen molar-refractivity contribution in [2.45, 2.75) is 30.0 Å². The normalized spacial score (nSPS) is 24.1. The molecule has 1 saturated heterocycles. The van der Waals surface area contributed by atoms with Crippen LogP contribution in [0.1, 0.15) is 13.3 Å². The first-order valence-corrected chi connectivity index (χ1v) is 7.98. The third kappa shape index (κ3) is 2.93. The average molecular weight is 304 g/mol. The molecule has 0 aromatic heterocycles. The number of benzene rings is 1. The van der Waals surface area contributed by atoms with Gasteiger partial charge in [-0.1, -0.05) is 19.1 Å². The number of piperidine rings is 1. The number of para-hydroxylation sites is 1. The summed E-state index contributed by atoms with van der Waals surface area (Å²) in [6.07, 6.45) is 0.847. The van der Waals surface area contributed by atoms with Crippen LogP contribution < -0.4 is 10.6 Å². The van der Waals surface area contributed by atoms with Gasteiger partial charge < -0.3 is 10.6 Å². The fourth-order valence-electron chi connectivity index (χ4n) is 2.65. The van der Waals surface area contributed by atoms with Gasteiger partial charge in [0.2, 0.25) is 9.84 Å². The van der Waals surface area contributed by atoms with Crippen LogP contribution in [0.4, 0.5) is 14.5 Å². The van der Waals surface area contributed by atoms with Gasteiger partial charge in [0.05, 0.1) is 10.6 Å². The van der Waals surface area contributed by atoms with Crippen molar-refractivity contribution in [2.24, 2.45) is 11.7 Å². The van der Waals surface area contributed by atoms with E-state index in [1.807, 2.05) is 6.92 Å². The first kappa shape index (κ1) is 15.2. The summed E-state index contributed by atoms with van der Waals surface area (Å²) in [5.74, 6) is -3.12. The minimum atomic E-state index is -4.61. The standard InChI is InChI=1S/C13H18F2N2O2S/c1-9-6-10(16)8-17(7-9)11-4-2-3-5-12(11)20(18,19)13(14)15/h2-5,9-10,13H,6-8,16H2,1H3. The second-order valence-corrected chi connectivity index (χ2v) is 7.17. The van der Waals surface area contributed by atoms with Crippen molar-refractivity contribution >= 4 is 15.5 Å². The van der Waals surface area contributed by atoms with Gasteiger partial charge in [0, 0.05) is 19.1 Å². The highest BCUT2D eigenvalue weighted by atomic mass is 32.2. The van der Waals surface area contributed by atoms with Crippen molar-refractivity contribution in [1.29, 1.82) is 0 Å². The maximum absolute atomic E-state index is 12.8. The zero-order chi connectivity index (χ0) is 14.9. The molecule has 0 bridgehead atoms. The Morgan fingerprint density at radius 2 is 1.95 bits per heavy atom. The molecular weight excluding hydrogens is 286 g/mol. The van der Waals surface area contributed by atoms with Gasteiger partial charge in [0.25, 0.3) is 0 Å². The zero-order valence-electron chi connectivity index (χ0n) is 11.2. The van der Waals surface area contributed by atoms with Gasteiger partial charge in [0.1, 0.15) is 0 Å². The van der Waals surface area contributed by atoms with E-state index in [-0.39, 0.29) is 10.9 Å². The molecule has 20 heavy (non-hydrogen) atoms. The molecular formula is C13H18F2N2O2S. The summed E-state index contributed by atoms with van der Waals surface area (Å²) in [6, 6.07) is 5.79. The van der Waals surface area contributed by atoms with Crippen molar-refractivity contribution in [3.8, 4) is 0 Å². The molecule has 112 valence electrons. The molecule has 1 fully saturated rings. The smallest absolute Gasteiger partial charge is 0.341 e. The van der Waals surface area contributed by atoms with Gasteiger partial charge in [-0.3, -0.25) is 0 Å². The number of halogens is 2. The Hall–Kier alpha value is -1.21. The van der Waals surface area contributed by atoms with Crippen molar-refractivity contribution in [2.75, 3.05) is 18.0 Å². The fraction of sp³-hybridized carbons (Fsp3) is 0.538. The Morgan fingerprint density at radius 1 is 1.30 bits per heavy atom. The predicted molar refractivity (Wildman–Crippen MR) is 73.6 cm³/mol. The van der Waals surface area contributed by atoms with Gasteiger partial charge >= 0.3 is 5.76 Å². The van der Waals surface area contributed by atoms with Crippen LogP contribution in [0.2, 0.25) is 0 Å². The summed E-state index contributed by atoms with van der Waals surface area (Å²) < 4.78 is 49.0. The van der Waals surface area contributed by atoms with Gasteiger partial charge in [-0.25, -0.2) is 8.42 Å². The molecule has 0 amide bonds. The lowest BCUT2D eigenvalue weighted by molar-refractivity contribution is 0.234. The largest absolute Gasteiger partial charge is 0.369 e. The molecule has 0 aliphatic carbocycles. The molecule has 1 aromatic carbocycles. The van der Waals surface area contributed by atoms with E-state index in [0.717, 1.165) is 6.42 Å². The quantitative estimate of drug-likeness (QED) is 0.926. The number of alkyl halides is 2. The highest BCUT2D eigenvalue weighted by Crippen LogP contribution is 2.31. The maximum atomic E-state index is 12.8. The van der Waals surface area contributed by atoms with Crippen molar-refractivity contribution in [1.82, 2.24) is 0 Å². The first-order valence-electron chi connectivity index (χ1n) is 6.44. The third-order valence-corrected chi connectivity index (χ3v) is 4.87. The second kappa shape index (κ2) is 5.65. The molecule has 2 rings (SSSR count). The summed E-state index contributed by atoms with van der Waals surface area (Å²) in [5, 5.41) is 0. The summed E-state index contributed by atoms with van der Waals surface area (Å²) in [7, 11) is -4.61. The van der Waals surface area contributed by atoms with Crippen LogP contribution in [0.25, 0.3) is 0 Å². The van der Waals surface area contributed by atoms with Crippen LogP contribution in [0.3, 0.4) is 0 Å². The Morgan fingerprint density at radius 3 is 2.55 bits per heavy atom. The van der Waals surface area contributed by atoms with Crippen LogP contribution in [-0.2, 0) is 9.84 Å². The molecule has 2 atom stereocenters. The minimum absolute atomic E-state index is 0.0824. The average Bonchev–Trinajstić information content (AvgIpc) is 2.37. The van der Waals surface area contributed by atoms with Crippen LogP contribution in [0.5, 0.6) is 0 Å². The van der Waals surface area contributed by atoms with Gasteiger partial charge in [0.15, 0.2) is 0 Å². The predicted octanol–water partition coefficient (Wildman–Crippen LogP) is 1.86. The molecule has 1 heterocycles. The third-order valence-electron chi connectivity index (χ3n) is 3.44. The van der Waals surface area contributed by atoms with Crippen molar-refractivity contribution in [3.05, 3.63) is 24.3 Å². The lowest BCUT2D eigenvalue weighted by atomic mass is 9.96. The Bertz CT molecular complexity index is 567. The van der Waals surface area contributed by atoms with Crippen LogP contribution in [0, 0.1) is 5.92 Å². The summed E-state index contributed by atoms with van der Waals surface area (Å²) in [6.45, 7) is 3.10. The molecule has 7 heteroatoms. The lowest BCUT2D eigenvalue weighted by Gasteiger charge is -2.37. The summed E-state index contributed by atoms with van der Waals surface area (Å²) >= 11 is 0. The molecule has 2 N–H and O–H groups in total. The molecule has 1 aliphatic heterocycles. The number of hydrogen-bond donors (Lipinski definition) is 1. The topological polar surface area (TPSA) is 63.4 Å². The summed E-state index contributed by atoms with van der Waals surface area (Å²) in [4.78, 5) is 1.46. The van der Waals surface area contributed by atoms with Crippen LogP contribution in [0.15, 0.2) is 29.2 Å². The van der Waals surface area contributed by atoms with E-state index in [9.17, 15) is 17.2 Å². The van der Waals surface area contributed by atoms with Gasteiger partial charge in [-0.05, 0) is 24.5 Å². The van der Waals surface area contributed by atoms with Gasteiger partial charge in [-0.15, -0.1) is 0 Å². The van der Waals surface area contributed by atoms with Crippen molar-refractivity contribution in [3.63, 3.8) is 0 Å². The number of rotatable bonds is 3. The number of nitrogens with two attached hydrogens (primary N) is 1. The van der Waals surface area contributed by atoms with E-state index < -0.39 is 15.6 Å². The first-order chi connectivity index (χ1) is 9.32. The highest BCUT2D eigenvalue weighted by molar-refractivity contribution is 7.91. The number of sulfone groups is 1.